The molecule has 1 aliphatic heterocycles. The Labute approximate surface area is 280 Å². The number of aromatic nitrogens is 4. The predicted octanol–water partition coefficient (Wildman–Crippen LogP) is 6.55. The van der Waals surface area contributed by atoms with Gasteiger partial charge in [0.1, 0.15) is 5.82 Å². The molecule has 1 amide bonds. The molecule has 0 saturated heterocycles. The highest BCUT2D eigenvalue weighted by Gasteiger charge is 2.44. The van der Waals surface area contributed by atoms with Crippen LogP contribution in [-0.4, -0.2) is 79.0 Å². The van der Waals surface area contributed by atoms with Crippen LogP contribution in [0.4, 0.5) is 48.6 Å². The van der Waals surface area contributed by atoms with Gasteiger partial charge in [0.25, 0.3) is 0 Å². The number of nitrogens with zero attached hydrogens (tertiary/aromatic N) is 7. The second-order valence-corrected chi connectivity index (χ2v) is 11.6. The molecular weight excluding hydrogens is 660 g/mol. The average molecular weight is 702 g/mol. The molecule has 2 unspecified atom stereocenters. The number of aryl methyl sites for hydroxylation is 2. The van der Waals surface area contributed by atoms with Gasteiger partial charge >= 0.3 is 18.4 Å². The summed E-state index contributed by atoms with van der Waals surface area (Å²) in [4.78, 5) is 27.4. The van der Waals surface area contributed by atoms with Crippen LogP contribution in [0.1, 0.15) is 60.7 Å². The maximum absolute atomic E-state index is 13.9. The number of carbonyl (C=O) groups excluding carboxylic acids is 1. The number of benzene rings is 1. The summed E-state index contributed by atoms with van der Waals surface area (Å²) in [6.07, 6.45) is -6.88. The van der Waals surface area contributed by atoms with E-state index in [4.69, 9.17) is 14.2 Å². The van der Waals surface area contributed by atoms with Crippen LogP contribution in [0.25, 0.3) is 0 Å². The van der Waals surface area contributed by atoms with Crippen LogP contribution in [0.5, 0.6) is 0 Å². The lowest BCUT2D eigenvalue weighted by atomic mass is 9.90. The van der Waals surface area contributed by atoms with E-state index in [-0.39, 0.29) is 30.6 Å². The second-order valence-electron chi connectivity index (χ2n) is 11.6. The third-order valence-electron chi connectivity index (χ3n) is 8.35. The highest BCUT2D eigenvalue weighted by atomic mass is 19.4. The minimum absolute atomic E-state index is 0.0618. The van der Waals surface area contributed by atoms with Gasteiger partial charge in [-0.25, -0.2) is 14.8 Å². The molecule has 270 valence electrons. The molecule has 3 aromatic rings. The van der Waals surface area contributed by atoms with Gasteiger partial charge in [0, 0.05) is 52.5 Å². The minimum atomic E-state index is -5.03. The summed E-state index contributed by atoms with van der Waals surface area (Å²) >= 11 is 0. The Morgan fingerprint density at radius 3 is 2.02 bits per heavy atom. The zero-order valence-corrected chi connectivity index (χ0v) is 28.2. The zero-order valence-electron chi connectivity index (χ0n) is 28.2. The molecule has 4 rings (SSSR count). The smallest absolute Gasteiger partial charge is 0.416 e. The lowest BCUT2D eigenvalue weighted by Gasteiger charge is -2.42. The topological polar surface area (TPSA) is 98.1 Å². The first kappa shape index (κ1) is 37.7. The molecule has 0 aliphatic carbocycles. The zero-order chi connectivity index (χ0) is 36.1. The summed E-state index contributed by atoms with van der Waals surface area (Å²) in [6, 6.07) is 0.347. The molecule has 0 radical (unpaired) electrons. The number of rotatable bonds is 13. The molecule has 17 heteroatoms. The molecule has 1 aromatic carbocycles. The number of anilines is 3. The number of fused-ring (bicyclic) bond motifs is 1. The fourth-order valence-corrected chi connectivity index (χ4v) is 6.08. The number of hydrogen-bond acceptors (Lipinski definition) is 9. The van der Waals surface area contributed by atoms with Crippen molar-refractivity contribution in [1.29, 1.82) is 0 Å². The van der Waals surface area contributed by atoms with E-state index in [0.29, 0.717) is 67.6 Å². The quantitative estimate of drug-likeness (QED) is 0.184. The van der Waals surface area contributed by atoms with Crippen LogP contribution < -0.4 is 14.7 Å². The van der Waals surface area contributed by atoms with E-state index in [0.717, 1.165) is 0 Å². The summed E-state index contributed by atoms with van der Waals surface area (Å²) in [6.45, 7) is 6.74. The number of amides is 1. The molecule has 2 aromatic heterocycles. The minimum Gasteiger partial charge on any atom is -0.449 e. The van der Waals surface area contributed by atoms with Crippen LogP contribution in [-0.2, 0) is 40.2 Å². The molecule has 0 spiro atoms. The van der Waals surface area contributed by atoms with Crippen LogP contribution in [0, 0.1) is 6.92 Å². The predicted molar refractivity (Wildman–Crippen MR) is 170 cm³/mol. The van der Waals surface area contributed by atoms with Crippen molar-refractivity contribution < 1.29 is 45.3 Å². The molecular formula is C32H41F6N7O4. The summed E-state index contributed by atoms with van der Waals surface area (Å²) in [5, 5.41) is 4.55. The maximum Gasteiger partial charge on any atom is 0.416 e. The van der Waals surface area contributed by atoms with Gasteiger partial charge in [-0.3, -0.25) is 9.58 Å². The van der Waals surface area contributed by atoms with E-state index in [1.54, 1.807) is 40.0 Å². The van der Waals surface area contributed by atoms with E-state index in [1.807, 2.05) is 11.8 Å². The number of carbonyl (C=O) groups is 1. The fraction of sp³-hybridized carbons (Fsp3) is 0.562. The van der Waals surface area contributed by atoms with Gasteiger partial charge in [-0.15, -0.1) is 0 Å². The van der Waals surface area contributed by atoms with Gasteiger partial charge < -0.3 is 24.0 Å². The monoisotopic (exact) mass is 701 g/mol. The van der Waals surface area contributed by atoms with Gasteiger partial charge in [-0.2, -0.15) is 31.4 Å². The SMILES string of the molecule is CCOC(=O)N1c2c(c(C)nn2C)C(N(Cc2cc(C(F)(F)F)cc(C(F)(F)F)c2)c2ncc(N(CCOC)CCOC)cn2)CC1CC. The van der Waals surface area contributed by atoms with E-state index in [2.05, 4.69) is 15.1 Å². The normalized spacial score (nSPS) is 16.4. The van der Waals surface area contributed by atoms with Crippen molar-refractivity contribution in [3.63, 3.8) is 0 Å². The van der Waals surface area contributed by atoms with Crippen LogP contribution in [0.2, 0.25) is 0 Å². The molecule has 0 saturated carbocycles. The third kappa shape index (κ3) is 8.55. The van der Waals surface area contributed by atoms with Crippen molar-refractivity contribution in [3.05, 3.63) is 58.5 Å². The summed E-state index contributed by atoms with van der Waals surface area (Å²) in [7, 11) is 4.78. The van der Waals surface area contributed by atoms with E-state index in [1.165, 1.54) is 22.0 Å². The number of methoxy groups -OCH3 is 2. The molecule has 2 atom stereocenters. The van der Waals surface area contributed by atoms with E-state index >= 15 is 0 Å². The Morgan fingerprint density at radius 2 is 1.53 bits per heavy atom. The fourth-order valence-electron chi connectivity index (χ4n) is 6.08. The standard InChI is InChI=1S/C32H41F6N7O4/c1-7-24-16-26(27-20(3)41-42(4)28(27)45(24)30(46)49-8-2)44(19-21-13-22(31(33,34)35)15-23(14-21)32(36,37)38)29-39-17-25(18-40-29)43(9-11-47-5)10-12-48-6/h13-15,17-18,24,26H,7-12,16,19H2,1-6H3. The number of hydrogen-bond donors (Lipinski definition) is 0. The molecule has 11 nitrogen and oxygen atoms in total. The number of alkyl halides is 6. The van der Waals surface area contributed by atoms with Crippen molar-refractivity contribution in [2.24, 2.45) is 7.05 Å². The van der Waals surface area contributed by atoms with Gasteiger partial charge in [0.15, 0.2) is 0 Å². The molecule has 1 aliphatic rings. The Kier molecular flexibility index (Phi) is 12.0. The van der Waals surface area contributed by atoms with Crippen molar-refractivity contribution >= 4 is 23.5 Å². The average Bonchev–Trinajstić information content (AvgIpc) is 3.35. The van der Waals surface area contributed by atoms with Gasteiger partial charge in [0.2, 0.25) is 5.95 Å². The first-order chi connectivity index (χ1) is 23.1. The van der Waals surface area contributed by atoms with Crippen LogP contribution >= 0.6 is 0 Å². The van der Waals surface area contributed by atoms with E-state index < -0.39 is 48.2 Å². The highest BCUT2D eigenvalue weighted by molar-refractivity contribution is 5.89. The Morgan fingerprint density at radius 1 is 0.959 bits per heavy atom. The summed E-state index contributed by atoms with van der Waals surface area (Å²) in [5.41, 5.74) is -1.43. The highest BCUT2D eigenvalue weighted by Crippen LogP contribution is 2.45. The largest absolute Gasteiger partial charge is 0.449 e. The maximum atomic E-state index is 13.9. The first-order valence-electron chi connectivity index (χ1n) is 15.7. The first-order valence-corrected chi connectivity index (χ1v) is 15.7. The van der Waals surface area contributed by atoms with Crippen molar-refractivity contribution in [2.45, 2.75) is 64.6 Å². The Balaban J connectivity index is 1.90. The molecule has 0 N–H and O–H groups in total. The van der Waals surface area contributed by atoms with Crippen molar-refractivity contribution in [3.8, 4) is 0 Å². The molecule has 49 heavy (non-hydrogen) atoms. The van der Waals surface area contributed by atoms with E-state index in [9.17, 15) is 31.1 Å². The Bertz CT molecular complexity index is 1520. The molecule has 0 fully saturated rings. The van der Waals surface area contributed by atoms with Crippen molar-refractivity contribution in [2.75, 3.05) is 61.8 Å². The summed E-state index contributed by atoms with van der Waals surface area (Å²) in [5.74, 6) is 0.470. The molecule has 3 heterocycles. The van der Waals surface area contributed by atoms with Gasteiger partial charge in [-0.05, 0) is 50.5 Å². The van der Waals surface area contributed by atoms with Gasteiger partial charge in [-0.1, -0.05) is 6.92 Å². The lowest BCUT2D eigenvalue weighted by Crippen LogP contribution is -2.48. The second kappa shape index (κ2) is 15.6. The lowest BCUT2D eigenvalue weighted by molar-refractivity contribution is -0.143. The van der Waals surface area contributed by atoms with Crippen molar-refractivity contribution in [1.82, 2.24) is 19.7 Å². The molecule has 0 bridgehead atoms. The van der Waals surface area contributed by atoms with Crippen LogP contribution in [0.15, 0.2) is 30.6 Å². The third-order valence-corrected chi connectivity index (χ3v) is 8.35. The Hall–Kier alpha value is -4.12. The van der Waals surface area contributed by atoms with Crippen LogP contribution in [0.3, 0.4) is 0 Å². The summed E-state index contributed by atoms with van der Waals surface area (Å²) < 4.78 is 101. The van der Waals surface area contributed by atoms with Gasteiger partial charge in [0.05, 0.1) is 60.8 Å². The number of ether oxygens (including phenoxy) is 3. The number of halogens is 6.